The van der Waals surface area contributed by atoms with Crippen LogP contribution in [0, 0.1) is 10.8 Å². The predicted octanol–water partition coefficient (Wildman–Crippen LogP) is 2.98. The summed E-state index contributed by atoms with van der Waals surface area (Å²) in [5.41, 5.74) is 8.08. The maximum absolute atomic E-state index is 7.40. The van der Waals surface area contributed by atoms with Gasteiger partial charge in [0.1, 0.15) is 5.84 Å². The van der Waals surface area contributed by atoms with Gasteiger partial charge in [-0.05, 0) is 43.3 Å². The van der Waals surface area contributed by atoms with Gasteiger partial charge in [0.05, 0.1) is 0 Å². The first-order valence-corrected chi connectivity index (χ1v) is 7.12. The zero-order valence-corrected chi connectivity index (χ0v) is 12.1. The molecule has 3 heteroatoms. The van der Waals surface area contributed by atoms with Crippen LogP contribution in [-0.2, 0) is 6.54 Å². The highest BCUT2D eigenvalue weighted by Crippen LogP contribution is 2.30. The standard InChI is InChI=1S/C16H25N3/c1-16(2)8-3-10-19(11-9-16)12-13-4-6-14(7-5-13)15(17)18/h4-7H,3,8-12H2,1-2H3,(H3,17,18). The third kappa shape index (κ3) is 4.06. The SMILES string of the molecule is CC1(C)CCCN(Cc2ccc(C(=N)N)cc2)CC1. The predicted molar refractivity (Wildman–Crippen MR) is 80.4 cm³/mol. The van der Waals surface area contributed by atoms with E-state index in [-0.39, 0.29) is 5.84 Å². The zero-order valence-electron chi connectivity index (χ0n) is 12.1. The van der Waals surface area contributed by atoms with Gasteiger partial charge in [-0.3, -0.25) is 10.3 Å². The van der Waals surface area contributed by atoms with Crippen LogP contribution < -0.4 is 5.73 Å². The van der Waals surface area contributed by atoms with Crippen molar-refractivity contribution in [3.05, 3.63) is 35.4 Å². The van der Waals surface area contributed by atoms with Crippen LogP contribution in [-0.4, -0.2) is 23.8 Å². The van der Waals surface area contributed by atoms with E-state index in [0.717, 1.165) is 12.1 Å². The van der Waals surface area contributed by atoms with Crippen LogP contribution in [0.4, 0.5) is 0 Å². The Balaban J connectivity index is 1.95. The van der Waals surface area contributed by atoms with Crippen molar-refractivity contribution in [1.29, 1.82) is 5.41 Å². The number of nitrogens with zero attached hydrogens (tertiary/aromatic N) is 1. The Hall–Kier alpha value is -1.35. The first-order valence-electron chi connectivity index (χ1n) is 7.12. The highest BCUT2D eigenvalue weighted by molar-refractivity contribution is 5.94. The summed E-state index contributed by atoms with van der Waals surface area (Å²) in [5, 5.41) is 7.40. The van der Waals surface area contributed by atoms with E-state index in [9.17, 15) is 0 Å². The first-order chi connectivity index (χ1) is 8.96. The summed E-state index contributed by atoms with van der Waals surface area (Å²) in [6.07, 6.45) is 3.89. The summed E-state index contributed by atoms with van der Waals surface area (Å²) >= 11 is 0. The summed E-state index contributed by atoms with van der Waals surface area (Å²) in [6.45, 7) is 8.13. The van der Waals surface area contributed by atoms with E-state index in [2.05, 4.69) is 30.9 Å². The molecular weight excluding hydrogens is 234 g/mol. The minimum atomic E-state index is 0.142. The maximum atomic E-state index is 7.40. The van der Waals surface area contributed by atoms with Gasteiger partial charge in [-0.1, -0.05) is 38.1 Å². The number of hydrogen-bond acceptors (Lipinski definition) is 2. The molecule has 0 amide bonds. The number of amidine groups is 1. The number of benzene rings is 1. The van der Waals surface area contributed by atoms with Crippen molar-refractivity contribution in [1.82, 2.24) is 4.90 Å². The molecule has 0 atom stereocenters. The third-order valence-electron chi connectivity index (χ3n) is 4.10. The number of likely N-dealkylation sites (tertiary alicyclic amines) is 1. The first kappa shape index (κ1) is 14.1. The Morgan fingerprint density at radius 3 is 2.53 bits per heavy atom. The van der Waals surface area contributed by atoms with E-state index in [1.54, 1.807) is 0 Å². The molecule has 1 saturated heterocycles. The van der Waals surface area contributed by atoms with Gasteiger partial charge in [0.15, 0.2) is 0 Å². The number of nitrogens with two attached hydrogens (primary N) is 1. The number of rotatable bonds is 3. The van der Waals surface area contributed by atoms with Crippen LogP contribution >= 0.6 is 0 Å². The van der Waals surface area contributed by atoms with Crippen molar-refractivity contribution in [3.8, 4) is 0 Å². The second-order valence-corrected chi connectivity index (χ2v) is 6.40. The molecule has 1 heterocycles. The number of hydrogen-bond donors (Lipinski definition) is 2. The average Bonchev–Trinajstić information content (AvgIpc) is 2.52. The molecule has 1 fully saturated rings. The Kier molecular flexibility index (Phi) is 4.25. The molecule has 0 aliphatic carbocycles. The molecular formula is C16H25N3. The number of nitrogen functional groups attached to an aromatic ring is 1. The van der Waals surface area contributed by atoms with Crippen molar-refractivity contribution in [2.45, 2.75) is 39.7 Å². The fraction of sp³-hybridized carbons (Fsp3) is 0.562. The Labute approximate surface area is 116 Å². The van der Waals surface area contributed by atoms with Gasteiger partial charge >= 0.3 is 0 Å². The van der Waals surface area contributed by atoms with Gasteiger partial charge in [0.2, 0.25) is 0 Å². The van der Waals surface area contributed by atoms with E-state index in [4.69, 9.17) is 11.1 Å². The third-order valence-corrected chi connectivity index (χ3v) is 4.10. The fourth-order valence-electron chi connectivity index (χ4n) is 2.68. The van der Waals surface area contributed by atoms with Gasteiger partial charge in [0.25, 0.3) is 0 Å². The lowest BCUT2D eigenvalue weighted by molar-refractivity contribution is 0.256. The molecule has 0 saturated carbocycles. The molecule has 1 aromatic rings. The van der Waals surface area contributed by atoms with Gasteiger partial charge < -0.3 is 5.73 Å². The summed E-state index contributed by atoms with van der Waals surface area (Å²) in [4.78, 5) is 2.54. The molecule has 2 rings (SSSR count). The molecule has 19 heavy (non-hydrogen) atoms. The Bertz CT molecular complexity index is 434. The maximum Gasteiger partial charge on any atom is 0.122 e. The highest BCUT2D eigenvalue weighted by atomic mass is 15.1. The van der Waals surface area contributed by atoms with Crippen molar-refractivity contribution >= 4 is 5.84 Å². The van der Waals surface area contributed by atoms with Gasteiger partial charge in [0, 0.05) is 12.1 Å². The van der Waals surface area contributed by atoms with Crippen molar-refractivity contribution in [2.75, 3.05) is 13.1 Å². The molecule has 0 unspecified atom stereocenters. The summed E-state index contributed by atoms with van der Waals surface area (Å²) in [5.74, 6) is 0.142. The summed E-state index contributed by atoms with van der Waals surface area (Å²) < 4.78 is 0. The van der Waals surface area contributed by atoms with E-state index in [1.807, 2.05) is 12.1 Å². The molecule has 1 aliphatic heterocycles. The van der Waals surface area contributed by atoms with E-state index in [1.165, 1.54) is 37.9 Å². The molecule has 104 valence electrons. The van der Waals surface area contributed by atoms with Gasteiger partial charge in [-0.25, -0.2) is 0 Å². The number of nitrogens with one attached hydrogen (secondary N) is 1. The van der Waals surface area contributed by atoms with Gasteiger partial charge in [-0.15, -0.1) is 0 Å². The molecule has 1 aliphatic rings. The second-order valence-electron chi connectivity index (χ2n) is 6.40. The molecule has 0 bridgehead atoms. The fourth-order valence-corrected chi connectivity index (χ4v) is 2.68. The van der Waals surface area contributed by atoms with Crippen LogP contribution in [0.25, 0.3) is 0 Å². The van der Waals surface area contributed by atoms with Crippen molar-refractivity contribution in [3.63, 3.8) is 0 Å². The monoisotopic (exact) mass is 259 g/mol. The second kappa shape index (κ2) is 5.74. The average molecular weight is 259 g/mol. The van der Waals surface area contributed by atoms with Crippen LogP contribution in [0.5, 0.6) is 0 Å². The Morgan fingerprint density at radius 1 is 1.21 bits per heavy atom. The minimum absolute atomic E-state index is 0.142. The molecule has 3 N–H and O–H groups in total. The molecule has 0 aromatic heterocycles. The van der Waals surface area contributed by atoms with Crippen LogP contribution in [0.1, 0.15) is 44.2 Å². The van der Waals surface area contributed by atoms with Crippen molar-refractivity contribution in [2.24, 2.45) is 11.1 Å². The normalized spacial score (nSPS) is 19.9. The molecule has 0 radical (unpaired) electrons. The molecule has 0 spiro atoms. The van der Waals surface area contributed by atoms with Crippen LogP contribution in [0.2, 0.25) is 0 Å². The lowest BCUT2D eigenvalue weighted by atomic mass is 9.85. The summed E-state index contributed by atoms with van der Waals surface area (Å²) in [7, 11) is 0. The topological polar surface area (TPSA) is 53.1 Å². The highest BCUT2D eigenvalue weighted by Gasteiger charge is 2.22. The van der Waals surface area contributed by atoms with E-state index >= 15 is 0 Å². The van der Waals surface area contributed by atoms with E-state index in [0.29, 0.717) is 5.41 Å². The smallest absolute Gasteiger partial charge is 0.122 e. The lowest BCUT2D eigenvalue weighted by Gasteiger charge is -2.23. The van der Waals surface area contributed by atoms with Crippen molar-refractivity contribution < 1.29 is 0 Å². The van der Waals surface area contributed by atoms with Gasteiger partial charge in [-0.2, -0.15) is 0 Å². The molecule has 1 aromatic carbocycles. The lowest BCUT2D eigenvalue weighted by Crippen LogP contribution is -2.25. The van der Waals surface area contributed by atoms with E-state index < -0.39 is 0 Å². The Morgan fingerprint density at radius 2 is 1.89 bits per heavy atom. The quantitative estimate of drug-likeness (QED) is 0.647. The van der Waals surface area contributed by atoms with Crippen LogP contribution in [0.3, 0.4) is 0 Å². The largest absolute Gasteiger partial charge is 0.384 e. The van der Waals surface area contributed by atoms with Crippen LogP contribution in [0.15, 0.2) is 24.3 Å². The minimum Gasteiger partial charge on any atom is -0.384 e. The molecule has 3 nitrogen and oxygen atoms in total. The zero-order chi connectivity index (χ0) is 13.9. The summed E-state index contributed by atoms with van der Waals surface area (Å²) in [6, 6.07) is 8.07.